The molecular formula is C19H34N2. The largest absolute Gasteiger partial charge is 0.328 e. The van der Waals surface area contributed by atoms with Gasteiger partial charge in [0, 0.05) is 12.1 Å². The molecule has 2 heteroatoms. The Hall–Kier alpha value is -0.0800. The van der Waals surface area contributed by atoms with Crippen molar-refractivity contribution in [2.75, 3.05) is 0 Å². The highest BCUT2D eigenvalue weighted by atomic mass is 14.8. The van der Waals surface area contributed by atoms with Crippen LogP contribution in [0.4, 0.5) is 0 Å². The van der Waals surface area contributed by atoms with Gasteiger partial charge in [-0.1, -0.05) is 13.8 Å². The van der Waals surface area contributed by atoms with Crippen LogP contribution >= 0.6 is 0 Å². The lowest BCUT2D eigenvalue weighted by Crippen LogP contribution is -2.55. The van der Waals surface area contributed by atoms with Crippen molar-refractivity contribution in [1.82, 2.24) is 0 Å². The van der Waals surface area contributed by atoms with Crippen LogP contribution in [-0.2, 0) is 0 Å². The van der Waals surface area contributed by atoms with Gasteiger partial charge in [0.2, 0.25) is 0 Å². The van der Waals surface area contributed by atoms with E-state index in [9.17, 15) is 0 Å². The summed E-state index contributed by atoms with van der Waals surface area (Å²) >= 11 is 0. The molecule has 4 rings (SSSR count). The van der Waals surface area contributed by atoms with Gasteiger partial charge in [-0.15, -0.1) is 0 Å². The summed E-state index contributed by atoms with van der Waals surface area (Å²) in [5, 5.41) is 0. The van der Waals surface area contributed by atoms with Crippen molar-refractivity contribution in [3.05, 3.63) is 0 Å². The molecule has 0 aliphatic heterocycles. The lowest BCUT2D eigenvalue weighted by Gasteiger charge is -2.61. The second kappa shape index (κ2) is 4.71. The van der Waals surface area contributed by atoms with Crippen LogP contribution in [0.25, 0.3) is 0 Å². The summed E-state index contributed by atoms with van der Waals surface area (Å²) in [7, 11) is 0. The van der Waals surface area contributed by atoms with E-state index in [2.05, 4.69) is 13.8 Å². The highest BCUT2D eigenvalue weighted by molar-refractivity contribution is 5.10. The maximum atomic E-state index is 6.51. The second-order valence-corrected chi connectivity index (χ2v) is 9.42. The van der Waals surface area contributed by atoms with Crippen LogP contribution in [0, 0.1) is 34.5 Å². The summed E-state index contributed by atoms with van der Waals surface area (Å²) in [6.07, 6.45) is 12.3. The van der Waals surface area contributed by atoms with E-state index in [1.165, 1.54) is 57.8 Å². The zero-order valence-corrected chi connectivity index (χ0v) is 14.0. The van der Waals surface area contributed by atoms with Crippen LogP contribution in [0.2, 0.25) is 0 Å². The molecular weight excluding hydrogens is 256 g/mol. The van der Waals surface area contributed by atoms with Crippen LogP contribution in [0.5, 0.6) is 0 Å². The molecule has 0 heterocycles. The Morgan fingerprint density at radius 2 is 1.48 bits per heavy atom. The molecule has 4 saturated carbocycles. The van der Waals surface area contributed by atoms with Gasteiger partial charge in [-0.25, -0.2) is 0 Å². The molecule has 4 aliphatic rings. The summed E-state index contributed by atoms with van der Waals surface area (Å²) in [6, 6.07) is 0.946. The normalized spacial score (nSPS) is 60.0. The van der Waals surface area contributed by atoms with Crippen molar-refractivity contribution < 1.29 is 0 Å². The molecule has 4 N–H and O–H groups in total. The topological polar surface area (TPSA) is 52.0 Å². The Labute approximate surface area is 130 Å². The zero-order chi connectivity index (χ0) is 14.8. The molecule has 4 aliphatic carbocycles. The van der Waals surface area contributed by atoms with Gasteiger partial charge in [0.1, 0.15) is 0 Å². The zero-order valence-electron chi connectivity index (χ0n) is 14.0. The molecule has 0 aromatic carbocycles. The monoisotopic (exact) mass is 290 g/mol. The Balaban J connectivity index is 1.62. The molecule has 8 atom stereocenters. The van der Waals surface area contributed by atoms with E-state index in [0.29, 0.717) is 22.9 Å². The number of hydrogen-bond acceptors (Lipinski definition) is 2. The van der Waals surface area contributed by atoms with Gasteiger partial charge in [-0.05, 0) is 92.3 Å². The minimum Gasteiger partial charge on any atom is -0.328 e. The number of fused-ring (bicyclic) bond motifs is 5. The summed E-state index contributed by atoms with van der Waals surface area (Å²) in [4.78, 5) is 0. The van der Waals surface area contributed by atoms with Crippen LogP contribution in [0.3, 0.4) is 0 Å². The van der Waals surface area contributed by atoms with Gasteiger partial charge in [-0.2, -0.15) is 0 Å². The minimum absolute atomic E-state index is 0.454. The van der Waals surface area contributed by atoms with E-state index in [4.69, 9.17) is 11.5 Å². The lowest BCUT2D eigenvalue weighted by atomic mass is 9.45. The Bertz CT molecular complexity index is 422. The third-order valence-electron chi connectivity index (χ3n) is 8.78. The lowest BCUT2D eigenvalue weighted by molar-refractivity contribution is -0.107. The fraction of sp³-hybridized carbons (Fsp3) is 1.00. The molecule has 4 fully saturated rings. The van der Waals surface area contributed by atoms with Crippen molar-refractivity contribution in [2.24, 2.45) is 46.0 Å². The first-order chi connectivity index (χ1) is 9.95. The molecule has 2 nitrogen and oxygen atoms in total. The Morgan fingerprint density at radius 3 is 2.29 bits per heavy atom. The van der Waals surface area contributed by atoms with Crippen molar-refractivity contribution in [3.63, 3.8) is 0 Å². The third kappa shape index (κ3) is 1.91. The number of hydrogen-bond donors (Lipinski definition) is 2. The van der Waals surface area contributed by atoms with E-state index in [0.717, 1.165) is 23.7 Å². The molecule has 0 aromatic rings. The van der Waals surface area contributed by atoms with Crippen molar-refractivity contribution in [3.8, 4) is 0 Å². The van der Waals surface area contributed by atoms with Crippen LogP contribution in [-0.4, -0.2) is 12.1 Å². The molecule has 2 unspecified atom stereocenters. The highest BCUT2D eigenvalue weighted by Gasteiger charge is 2.59. The summed E-state index contributed by atoms with van der Waals surface area (Å²) < 4.78 is 0. The maximum absolute atomic E-state index is 6.51. The van der Waals surface area contributed by atoms with E-state index in [1.807, 2.05) is 0 Å². The van der Waals surface area contributed by atoms with Crippen LogP contribution in [0.15, 0.2) is 0 Å². The summed E-state index contributed by atoms with van der Waals surface area (Å²) in [6.45, 7) is 5.13. The average molecular weight is 290 g/mol. The van der Waals surface area contributed by atoms with Gasteiger partial charge in [0.25, 0.3) is 0 Å². The Kier molecular flexibility index (Phi) is 3.25. The Morgan fingerprint density at radius 1 is 0.762 bits per heavy atom. The van der Waals surface area contributed by atoms with E-state index < -0.39 is 0 Å². The van der Waals surface area contributed by atoms with Crippen molar-refractivity contribution >= 4 is 0 Å². The third-order valence-corrected chi connectivity index (χ3v) is 8.78. The molecule has 0 saturated heterocycles. The quantitative estimate of drug-likeness (QED) is 0.715. The van der Waals surface area contributed by atoms with Gasteiger partial charge >= 0.3 is 0 Å². The fourth-order valence-corrected chi connectivity index (χ4v) is 7.33. The van der Waals surface area contributed by atoms with E-state index in [1.54, 1.807) is 0 Å². The first kappa shape index (κ1) is 14.5. The average Bonchev–Trinajstić information content (AvgIpc) is 2.76. The molecule has 0 bridgehead atoms. The highest BCUT2D eigenvalue weighted by Crippen LogP contribution is 2.65. The van der Waals surface area contributed by atoms with Gasteiger partial charge in [0.05, 0.1) is 0 Å². The first-order valence-corrected chi connectivity index (χ1v) is 9.46. The molecule has 0 amide bonds. The number of nitrogens with two attached hydrogens (primary N) is 2. The van der Waals surface area contributed by atoms with Crippen molar-refractivity contribution in [2.45, 2.75) is 83.7 Å². The first-order valence-electron chi connectivity index (χ1n) is 9.46. The smallest absolute Gasteiger partial charge is 0.00957 e. The molecule has 21 heavy (non-hydrogen) atoms. The van der Waals surface area contributed by atoms with Gasteiger partial charge in [0.15, 0.2) is 0 Å². The molecule has 120 valence electrons. The van der Waals surface area contributed by atoms with E-state index in [-0.39, 0.29) is 0 Å². The SMILES string of the molecule is C[C@]12CCC(N)C[C@@H]1CC[C@@H]1[C@@H]2CC[C@]2(C)C(N)CC[C@@H]12. The predicted molar refractivity (Wildman–Crippen MR) is 87.7 cm³/mol. The fourth-order valence-electron chi connectivity index (χ4n) is 7.33. The predicted octanol–water partition coefficient (Wildman–Crippen LogP) is 3.68. The standard InChI is InChI=1S/C19H34N2/c1-18-9-7-13(20)11-12(18)3-4-14-15-5-6-17(21)19(15,2)10-8-16(14)18/h12-17H,3-11,20-21H2,1-2H3/t12-,13?,14-,15-,16-,17?,18-,19-/m0/s1. The van der Waals surface area contributed by atoms with Crippen molar-refractivity contribution in [1.29, 1.82) is 0 Å². The van der Waals surface area contributed by atoms with Gasteiger partial charge < -0.3 is 11.5 Å². The second-order valence-electron chi connectivity index (χ2n) is 9.42. The molecule has 0 spiro atoms. The van der Waals surface area contributed by atoms with Gasteiger partial charge in [-0.3, -0.25) is 0 Å². The summed E-state index contributed by atoms with van der Waals surface area (Å²) in [5.74, 6) is 3.75. The van der Waals surface area contributed by atoms with Crippen LogP contribution < -0.4 is 11.5 Å². The minimum atomic E-state index is 0.454. The number of rotatable bonds is 0. The summed E-state index contributed by atoms with van der Waals surface area (Å²) in [5.41, 5.74) is 13.8. The van der Waals surface area contributed by atoms with E-state index >= 15 is 0 Å². The maximum Gasteiger partial charge on any atom is 0.00957 e. The van der Waals surface area contributed by atoms with Crippen LogP contribution in [0.1, 0.15) is 71.6 Å². The molecule has 0 aromatic heterocycles. The molecule has 0 radical (unpaired) electrons.